The number of morpholine rings is 1. The van der Waals surface area contributed by atoms with Crippen molar-refractivity contribution in [3.63, 3.8) is 0 Å². The Balaban J connectivity index is 1.96. The molecule has 1 saturated heterocycles. The van der Waals surface area contributed by atoms with E-state index in [1.54, 1.807) is 6.07 Å². The molecule has 0 unspecified atom stereocenters. The van der Waals surface area contributed by atoms with E-state index in [4.69, 9.17) is 9.84 Å². The van der Waals surface area contributed by atoms with Crippen molar-refractivity contribution in [1.82, 2.24) is 9.88 Å². The molecule has 88 valence electrons. The van der Waals surface area contributed by atoms with Crippen molar-refractivity contribution in [3.8, 4) is 5.75 Å². The Hall–Kier alpha value is -1.13. The predicted molar refractivity (Wildman–Crippen MR) is 61.2 cm³/mol. The van der Waals surface area contributed by atoms with Crippen LogP contribution in [0.15, 0.2) is 18.3 Å². The first-order valence-corrected chi connectivity index (χ1v) is 5.65. The molecule has 2 heterocycles. The van der Waals surface area contributed by atoms with Gasteiger partial charge in [-0.2, -0.15) is 0 Å². The lowest BCUT2D eigenvalue weighted by Gasteiger charge is -2.35. The molecule has 0 aromatic carbocycles. The number of hydrogen-bond acceptors (Lipinski definition) is 4. The van der Waals surface area contributed by atoms with Gasteiger partial charge in [-0.25, -0.2) is 0 Å². The van der Waals surface area contributed by atoms with Crippen molar-refractivity contribution in [2.75, 3.05) is 13.1 Å². The van der Waals surface area contributed by atoms with Crippen molar-refractivity contribution in [1.29, 1.82) is 0 Å². The lowest BCUT2D eigenvalue weighted by molar-refractivity contribution is -0.0707. The second-order valence-electron chi connectivity index (χ2n) is 4.46. The quantitative estimate of drug-likeness (QED) is 0.821. The SMILES string of the molecule is C[C@@H]1CN(Cc2ccc(O)cn2)C[C@H](C)O1. The molecule has 4 nitrogen and oxygen atoms in total. The van der Waals surface area contributed by atoms with Gasteiger partial charge in [-0.3, -0.25) is 9.88 Å². The topological polar surface area (TPSA) is 45.6 Å². The van der Waals surface area contributed by atoms with Gasteiger partial charge in [0.2, 0.25) is 0 Å². The predicted octanol–water partition coefficient (Wildman–Crippen LogP) is 1.40. The van der Waals surface area contributed by atoms with Crippen molar-refractivity contribution >= 4 is 0 Å². The molecule has 1 aromatic rings. The minimum Gasteiger partial charge on any atom is -0.506 e. The fourth-order valence-corrected chi connectivity index (χ4v) is 2.15. The molecular formula is C12H18N2O2. The highest BCUT2D eigenvalue weighted by molar-refractivity contribution is 5.17. The fourth-order valence-electron chi connectivity index (χ4n) is 2.15. The highest BCUT2D eigenvalue weighted by Gasteiger charge is 2.22. The maximum absolute atomic E-state index is 9.15. The van der Waals surface area contributed by atoms with Crippen LogP contribution in [0.2, 0.25) is 0 Å². The molecule has 0 bridgehead atoms. The van der Waals surface area contributed by atoms with E-state index in [9.17, 15) is 0 Å². The molecule has 0 amide bonds. The summed E-state index contributed by atoms with van der Waals surface area (Å²) in [5.41, 5.74) is 0.985. The largest absolute Gasteiger partial charge is 0.506 e. The third kappa shape index (κ3) is 2.93. The molecule has 2 rings (SSSR count). The van der Waals surface area contributed by atoms with Crippen LogP contribution in [0.5, 0.6) is 5.75 Å². The zero-order valence-electron chi connectivity index (χ0n) is 9.76. The van der Waals surface area contributed by atoms with Crippen molar-refractivity contribution < 1.29 is 9.84 Å². The van der Waals surface area contributed by atoms with Gasteiger partial charge in [-0.15, -0.1) is 0 Å². The Morgan fingerprint density at radius 2 is 2.06 bits per heavy atom. The Kier molecular flexibility index (Phi) is 3.41. The number of pyridine rings is 1. The summed E-state index contributed by atoms with van der Waals surface area (Å²) in [5.74, 6) is 0.215. The van der Waals surface area contributed by atoms with Crippen LogP contribution in [0.3, 0.4) is 0 Å². The van der Waals surface area contributed by atoms with Crippen molar-refractivity contribution in [3.05, 3.63) is 24.0 Å². The molecule has 1 N–H and O–H groups in total. The summed E-state index contributed by atoms with van der Waals surface area (Å²) in [6.07, 6.45) is 2.05. The zero-order chi connectivity index (χ0) is 11.5. The van der Waals surface area contributed by atoms with E-state index in [0.29, 0.717) is 0 Å². The minimum absolute atomic E-state index is 0.215. The fraction of sp³-hybridized carbons (Fsp3) is 0.583. The summed E-state index contributed by atoms with van der Waals surface area (Å²) < 4.78 is 5.67. The molecular weight excluding hydrogens is 204 g/mol. The van der Waals surface area contributed by atoms with E-state index in [1.165, 1.54) is 6.20 Å². The van der Waals surface area contributed by atoms with Gasteiger partial charge in [0.1, 0.15) is 5.75 Å². The third-order valence-corrected chi connectivity index (χ3v) is 2.69. The van der Waals surface area contributed by atoms with Crippen LogP contribution in [-0.4, -0.2) is 40.3 Å². The molecule has 16 heavy (non-hydrogen) atoms. The first kappa shape index (κ1) is 11.4. The average Bonchev–Trinajstić information content (AvgIpc) is 2.20. The van der Waals surface area contributed by atoms with E-state index in [2.05, 4.69) is 23.7 Å². The summed E-state index contributed by atoms with van der Waals surface area (Å²) in [7, 11) is 0. The molecule has 2 atom stereocenters. The lowest BCUT2D eigenvalue weighted by Crippen LogP contribution is -2.44. The molecule has 0 spiro atoms. The number of rotatable bonds is 2. The summed E-state index contributed by atoms with van der Waals surface area (Å²) >= 11 is 0. The van der Waals surface area contributed by atoms with E-state index in [0.717, 1.165) is 25.3 Å². The van der Waals surface area contributed by atoms with Crippen molar-refractivity contribution in [2.45, 2.75) is 32.6 Å². The van der Waals surface area contributed by atoms with E-state index in [1.807, 2.05) is 6.07 Å². The second kappa shape index (κ2) is 4.80. The number of nitrogens with zero attached hydrogens (tertiary/aromatic N) is 2. The molecule has 0 aliphatic carbocycles. The molecule has 0 saturated carbocycles. The molecule has 4 heteroatoms. The smallest absolute Gasteiger partial charge is 0.133 e. The van der Waals surface area contributed by atoms with Crippen LogP contribution in [0.1, 0.15) is 19.5 Å². The average molecular weight is 222 g/mol. The van der Waals surface area contributed by atoms with Crippen LogP contribution in [0, 0.1) is 0 Å². The van der Waals surface area contributed by atoms with Gasteiger partial charge < -0.3 is 9.84 Å². The summed E-state index contributed by atoms with van der Waals surface area (Å²) in [5, 5.41) is 9.15. The maximum atomic E-state index is 9.15. The number of hydrogen-bond donors (Lipinski definition) is 1. The third-order valence-electron chi connectivity index (χ3n) is 2.69. The summed E-state index contributed by atoms with van der Waals surface area (Å²) in [6, 6.07) is 3.54. The Morgan fingerprint density at radius 1 is 1.38 bits per heavy atom. The van der Waals surface area contributed by atoms with Gasteiger partial charge in [-0.1, -0.05) is 0 Å². The first-order chi connectivity index (χ1) is 7.63. The molecule has 1 fully saturated rings. The molecule has 1 aliphatic rings. The van der Waals surface area contributed by atoms with Gasteiger partial charge in [0, 0.05) is 19.6 Å². The molecule has 1 aromatic heterocycles. The summed E-state index contributed by atoms with van der Waals surface area (Å²) in [6.45, 7) is 6.87. The molecule has 1 aliphatic heterocycles. The van der Waals surface area contributed by atoms with E-state index < -0.39 is 0 Å². The number of aromatic hydroxyl groups is 1. The van der Waals surface area contributed by atoms with Crippen LogP contribution in [0.25, 0.3) is 0 Å². The van der Waals surface area contributed by atoms with Gasteiger partial charge in [0.15, 0.2) is 0 Å². The van der Waals surface area contributed by atoms with Gasteiger partial charge in [-0.05, 0) is 26.0 Å². The normalized spacial score (nSPS) is 26.9. The number of ether oxygens (including phenoxy) is 1. The Labute approximate surface area is 95.9 Å². The highest BCUT2D eigenvalue weighted by Crippen LogP contribution is 2.14. The van der Waals surface area contributed by atoms with E-state index in [-0.39, 0.29) is 18.0 Å². The standard InChI is InChI=1S/C12H18N2O2/c1-9-6-14(7-10(2)16-9)8-11-3-4-12(15)5-13-11/h3-5,9-10,15H,6-8H2,1-2H3/t9-,10+. The monoisotopic (exact) mass is 222 g/mol. The Bertz CT molecular complexity index is 329. The zero-order valence-corrected chi connectivity index (χ0v) is 9.76. The first-order valence-electron chi connectivity index (χ1n) is 5.65. The van der Waals surface area contributed by atoms with Crippen LogP contribution < -0.4 is 0 Å². The highest BCUT2D eigenvalue weighted by atomic mass is 16.5. The summed E-state index contributed by atoms with van der Waals surface area (Å²) in [4.78, 5) is 6.52. The lowest BCUT2D eigenvalue weighted by atomic mass is 10.2. The van der Waals surface area contributed by atoms with Crippen LogP contribution in [0.4, 0.5) is 0 Å². The van der Waals surface area contributed by atoms with Crippen LogP contribution in [-0.2, 0) is 11.3 Å². The van der Waals surface area contributed by atoms with Crippen LogP contribution >= 0.6 is 0 Å². The van der Waals surface area contributed by atoms with E-state index >= 15 is 0 Å². The molecule has 0 radical (unpaired) electrons. The van der Waals surface area contributed by atoms with Gasteiger partial charge in [0.25, 0.3) is 0 Å². The Morgan fingerprint density at radius 3 is 2.62 bits per heavy atom. The second-order valence-corrected chi connectivity index (χ2v) is 4.46. The minimum atomic E-state index is 0.215. The van der Waals surface area contributed by atoms with Crippen molar-refractivity contribution in [2.24, 2.45) is 0 Å². The maximum Gasteiger partial charge on any atom is 0.133 e. The van der Waals surface area contributed by atoms with Gasteiger partial charge in [0.05, 0.1) is 24.1 Å². The van der Waals surface area contributed by atoms with Gasteiger partial charge >= 0.3 is 0 Å². The number of aromatic nitrogens is 1.